The van der Waals surface area contributed by atoms with Crippen molar-refractivity contribution >= 4 is 34.0 Å². The van der Waals surface area contributed by atoms with E-state index < -0.39 is 11.7 Å². The molecule has 0 spiro atoms. The maximum Gasteiger partial charge on any atom is 0.107 e. The lowest BCUT2D eigenvalue weighted by Crippen LogP contribution is -2.25. The molecule has 0 saturated heterocycles. The smallest absolute Gasteiger partial charge is 0.107 e. The molecule has 0 fully saturated rings. The Morgan fingerprint density at radius 1 is 1.04 bits per heavy atom. The standard InChI is InChI=1S/C23H24Cl2O2/c1-14-11-15-7-5-6-8-17(15)22(18-10-9-16(24)12-19(18)25)21(14)20(13-26)27-23(2,3)4/h5-12,20,26H,13H2,1-4H3/t20-/m1/s1. The number of aryl methyl sites for hydroxylation is 1. The molecule has 0 aliphatic heterocycles. The van der Waals surface area contributed by atoms with Gasteiger partial charge in [-0.1, -0.05) is 59.6 Å². The van der Waals surface area contributed by atoms with Crippen LogP contribution in [0.25, 0.3) is 21.9 Å². The van der Waals surface area contributed by atoms with Crippen molar-refractivity contribution in [2.24, 2.45) is 0 Å². The van der Waals surface area contributed by atoms with Crippen molar-refractivity contribution in [1.29, 1.82) is 0 Å². The van der Waals surface area contributed by atoms with Gasteiger partial charge in [0.05, 0.1) is 12.2 Å². The predicted octanol–water partition coefficient (Wildman–Crippen LogP) is 6.97. The van der Waals surface area contributed by atoms with E-state index in [0.717, 1.165) is 33.0 Å². The quantitative estimate of drug-likeness (QED) is 0.510. The Hall–Kier alpha value is -1.58. The Kier molecular flexibility index (Phi) is 5.83. The average Bonchev–Trinajstić information content (AvgIpc) is 2.58. The fourth-order valence-corrected chi connectivity index (χ4v) is 4.02. The number of benzene rings is 3. The number of halogens is 2. The molecule has 0 amide bonds. The molecule has 3 aromatic carbocycles. The summed E-state index contributed by atoms with van der Waals surface area (Å²) in [6.45, 7) is 7.89. The maximum absolute atomic E-state index is 10.1. The van der Waals surface area contributed by atoms with Crippen molar-refractivity contribution in [2.45, 2.75) is 39.4 Å². The molecule has 3 rings (SSSR count). The molecule has 0 bridgehead atoms. The Labute approximate surface area is 170 Å². The van der Waals surface area contributed by atoms with Gasteiger partial charge >= 0.3 is 0 Å². The van der Waals surface area contributed by atoms with Crippen LogP contribution in [0.2, 0.25) is 10.0 Å². The van der Waals surface area contributed by atoms with Crippen LogP contribution < -0.4 is 0 Å². The second kappa shape index (κ2) is 7.81. The molecule has 1 atom stereocenters. The van der Waals surface area contributed by atoms with Gasteiger partial charge < -0.3 is 9.84 Å². The van der Waals surface area contributed by atoms with Crippen LogP contribution >= 0.6 is 23.2 Å². The van der Waals surface area contributed by atoms with Gasteiger partial charge in [-0.2, -0.15) is 0 Å². The minimum absolute atomic E-state index is 0.116. The third-order valence-corrected chi connectivity index (χ3v) is 5.03. The highest BCUT2D eigenvalue weighted by Crippen LogP contribution is 2.43. The van der Waals surface area contributed by atoms with E-state index in [0.29, 0.717) is 10.0 Å². The molecule has 3 aromatic rings. The normalized spacial score (nSPS) is 13.1. The molecule has 0 saturated carbocycles. The number of hydrogen-bond acceptors (Lipinski definition) is 2. The van der Waals surface area contributed by atoms with E-state index in [-0.39, 0.29) is 6.61 Å². The predicted molar refractivity (Wildman–Crippen MR) is 115 cm³/mol. The Balaban J connectivity index is 2.37. The highest BCUT2D eigenvalue weighted by molar-refractivity contribution is 6.36. The summed E-state index contributed by atoms with van der Waals surface area (Å²) in [6.07, 6.45) is -0.462. The highest BCUT2D eigenvalue weighted by Gasteiger charge is 2.26. The van der Waals surface area contributed by atoms with Crippen molar-refractivity contribution in [3.05, 3.63) is 69.7 Å². The fraction of sp³-hybridized carbons (Fsp3) is 0.304. The average molecular weight is 403 g/mol. The van der Waals surface area contributed by atoms with Gasteiger partial charge in [0.1, 0.15) is 6.10 Å². The topological polar surface area (TPSA) is 29.5 Å². The largest absolute Gasteiger partial charge is 0.393 e. The van der Waals surface area contributed by atoms with E-state index in [1.807, 2.05) is 52.0 Å². The summed E-state index contributed by atoms with van der Waals surface area (Å²) < 4.78 is 6.21. The lowest BCUT2D eigenvalue weighted by Gasteiger charge is -2.30. The van der Waals surface area contributed by atoms with Crippen LogP contribution in [0.3, 0.4) is 0 Å². The van der Waals surface area contributed by atoms with Crippen molar-refractivity contribution in [1.82, 2.24) is 0 Å². The monoisotopic (exact) mass is 402 g/mol. The third kappa shape index (κ3) is 4.30. The first-order valence-electron chi connectivity index (χ1n) is 8.97. The van der Waals surface area contributed by atoms with Crippen LogP contribution in [0, 0.1) is 6.92 Å². The molecule has 27 heavy (non-hydrogen) atoms. The Bertz CT molecular complexity index is 974. The molecule has 1 N–H and O–H groups in total. The van der Waals surface area contributed by atoms with E-state index in [4.69, 9.17) is 27.9 Å². The maximum atomic E-state index is 10.1. The molecule has 0 aromatic heterocycles. The van der Waals surface area contributed by atoms with Crippen molar-refractivity contribution in [3.8, 4) is 11.1 Å². The zero-order chi connectivity index (χ0) is 19.8. The number of aliphatic hydroxyl groups is 1. The van der Waals surface area contributed by atoms with Crippen molar-refractivity contribution in [3.63, 3.8) is 0 Å². The van der Waals surface area contributed by atoms with Gasteiger partial charge in [0.2, 0.25) is 0 Å². The van der Waals surface area contributed by atoms with Crippen LogP contribution in [0.1, 0.15) is 38.0 Å². The summed E-state index contributed by atoms with van der Waals surface area (Å²) in [5.74, 6) is 0. The number of ether oxygens (including phenoxy) is 1. The van der Waals surface area contributed by atoms with Gasteiger partial charge in [0.15, 0.2) is 0 Å². The molecular formula is C23H24Cl2O2. The molecule has 0 aliphatic carbocycles. The molecule has 2 nitrogen and oxygen atoms in total. The van der Waals surface area contributed by atoms with Crippen LogP contribution in [-0.2, 0) is 4.74 Å². The first-order chi connectivity index (χ1) is 12.7. The zero-order valence-corrected chi connectivity index (χ0v) is 17.5. The number of aliphatic hydroxyl groups excluding tert-OH is 1. The zero-order valence-electron chi connectivity index (χ0n) is 16.0. The summed E-state index contributed by atoms with van der Waals surface area (Å²) in [6, 6.07) is 15.8. The molecule has 142 valence electrons. The summed E-state index contributed by atoms with van der Waals surface area (Å²) in [5, 5.41) is 13.5. The first kappa shape index (κ1) is 20.2. The van der Waals surface area contributed by atoms with E-state index in [9.17, 15) is 5.11 Å². The Morgan fingerprint density at radius 3 is 2.37 bits per heavy atom. The number of rotatable bonds is 4. The fourth-order valence-electron chi connectivity index (χ4n) is 3.52. The van der Waals surface area contributed by atoms with Crippen molar-refractivity contribution in [2.75, 3.05) is 6.61 Å². The lowest BCUT2D eigenvalue weighted by atomic mass is 9.87. The van der Waals surface area contributed by atoms with Crippen molar-refractivity contribution < 1.29 is 9.84 Å². The SMILES string of the molecule is Cc1cc2ccccc2c(-c2ccc(Cl)cc2Cl)c1[C@@H](CO)OC(C)(C)C. The summed E-state index contributed by atoms with van der Waals surface area (Å²) in [7, 11) is 0. The molecule has 4 heteroatoms. The van der Waals surface area contributed by atoms with Crippen LogP contribution in [0.15, 0.2) is 48.5 Å². The molecule has 0 unspecified atom stereocenters. The first-order valence-corrected chi connectivity index (χ1v) is 9.73. The van der Waals surface area contributed by atoms with Crippen LogP contribution in [-0.4, -0.2) is 17.3 Å². The van der Waals surface area contributed by atoms with Gasteiger partial charge in [-0.25, -0.2) is 0 Å². The highest BCUT2D eigenvalue weighted by atomic mass is 35.5. The number of fused-ring (bicyclic) bond motifs is 1. The summed E-state index contributed by atoms with van der Waals surface area (Å²) in [4.78, 5) is 0. The third-order valence-electron chi connectivity index (χ3n) is 4.48. The molecule has 0 heterocycles. The van der Waals surface area contributed by atoms with Gasteiger partial charge in [-0.15, -0.1) is 0 Å². The summed E-state index contributed by atoms with van der Waals surface area (Å²) >= 11 is 12.7. The van der Waals surface area contributed by atoms with E-state index in [2.05, 4.69) is 18.2 Å². The van der Waals surface area contributed by atoms with E-state index in [1.165, 1.54) is 0 Å². The van der Waals surface area contributed by atoms with Gasteiger partial charge in [-0.3, -0.25) is 0 Å². The van der Waals surface area contributed by atoms with Gasteiger partial charge in [-0.05, 0) is 67.3 Å². The van der Waals surface area contributed by atoms with E-state index in [1.54, 1.807) is 6.07 Å². The van der Waals surface area contributed by atoms with Crippen LogP contribution in [0.5, 0.6) is 0 Å². The second-order valence-electron chi connectivity index (χ2n) is 7.73. The lowest BCUT2D eigenvalue weighted by molar-refractivity contribution is -0.0821. The number of hydrogen-bond donors (Lipinski definition) is 1. The minimum Gasteiger partial charge on any atom is -0.393 e. The molecule has 0 radical (unpaired) electrons. The second-order valence-corrected chi connectivity index (χ2v) is 8.57. The molecule has 0 aliphatic rings. The van der Waals surface area contributed by atoms with Gasteiger partial charge in [0.25, 0.3) is 0 Å². The Morgan fingerprint density at radius 2 is 1.74 bits per heavy atom. The van der Waals surface area contributed by atoms with Crippen LogP contribution in [0.4, 0.5) is 0 Å². The van der Waals surface area contributed by atoms with Gasteiger partial charge in [0, 0.05) is 15.6 Å². The summed E-state index contributed by atoms with van der Waals surface area (Å²) in [5.41, 5.74) is 3.47. The molecular weight excluding hydrogens is 379 g/mol. The van der Waals surface area contributed by atoms with E-state index >= 15 is 0 Å². The minimum atomic E-state index is -0.462.